The van der Waals surface area contributed by atoms with Crippen molar-refractivity contribution < 1.29 is 14.3 Å². The lowest BCUT2D eigenvalue weighted by Crippen LogP contribution is -2.44. The van der Waals surface area contributed by atoms with Crippen molar-refractivity contribution >= 4 is 5.91 Å². The maximum Gasteiger partial charge on any atom is 0.272 e. The highest BCUT2D eigenvalue weighted by Gasteiger charge is 2.49. The van der Waals surface area contributed by atoms with E-state index in [-0.39, 0.29) is 30.2 Å². The van der Waals surface area contributed by atoms with Gasteiger partial charge in [0.25, 0.3) is 5.91 Å². The molecule has 4 heterocycles. The lowest BCUT2D eigenvalue weighted by atomic mass is 9.86. The molecule has 0 unspecified atom stereocenters. The first kappa shape index (κ1) is 20.6. The van der Waals surface area contributed by atoms with Crippen LogP contribution in [0.25, 0.3) is 0 Å². The van der Waals surface area contributed by atoms with Gasteiger partial charge in [-0.15, -0.1) is 5.10 Å². The molecule has 1 amide bonds. The van der Waals surface area contributed by atoms with Crippen LogP contribution in [0.1, 0.15) is 66.9 Å². The molecule has 5 rings (SSSR count). The largest absolute Gasteiger partial charge is 0.371 e. The molecule has 31 heavy (non-hydrogen) atoms. The molecule has 9 nitrogen and oxygen atoms in total. The van der Waals surface area contributed by atoms with Crippen LogP contribution in [-0.4, -0.2) is 62.1 Å². The molecular formula is C22H32N6O3. The molecule has 2 aromatic rings. The van der Waals surface area contributed by atoms with Crippen LogP contribution in [0.4, 0.5) is 0 Å². The summed E-state index contributed by atoms with van der Waals surface area (Å²) < 4.78 is 15.8. The highest BCUT2D eigenvalue weighted by atomic mass is 16.6. The van der Waals surface area contributed by atoms with Crippen LogP contribution in [0.5, 0.6) is 0 Å². The summed E-state index contributed by atoms with van der Waals surface area (Å²) in [5.41, 5.74) is 2.46. The number of nitrogens with zero attached hydrogens (tertiary/aromatic N) is 5. The molecule has 1 saturated carbocycles. The number of aryl methyl sites for hydroxylation is 2. The van der Waals surface area contributed by atoms with Gasteiger partial charge in [0.1, 0.15) is 23.9 Å². The van der Waals surface area contributed by atoms with Crippen LogP contribution in [-0.2, 0) is 22.4 Å². The number of aromatic nitrogens is 5. The number of hydrogen-bond acceptors (Lipinski definition) is 6. The standard InChI is InChI=1S/C22H32N6O3/c1-3-27-14(2)9-17(25-27)22(29)23-18-12-30-21-19(13-31-20(18)21)28-11-16(24-26-28)10-15-7-5-4-6-8-15/h9,11,15,18-21H,3-8,10,12-13H2,1-2H3,(H,23,29)/t18-,19-,20+,21+/m0/s1. The van der Waals surface area contributed by atoms with Crippen molar-refractivity contribution in [2.24, 2.45) is 5.92 Å². The predicted octanol–water partition coefficient (Wildman–Crippen LogP) is 2.06. The van der Waals surface area contributed by atoms with Crippen LogP contribution in [0.2, 0.25) is 0 Å². The van der Waals surface area contributed by atoms with Crippen molar-refractivity contribution in [1.29, 1.82) is 0 Å². The molecule has 2 aromatic heterocycles. The zero-order valence-corrected chi connectivity index (χ0v) is 18.4. The van der Waals surface area contributed by atoms with E-state index in [4.69, 9.17) is 9.47 Å². The summed E-state index contributed by atoms with van der Waals surface area (Å²) in [5.74, 6) is 0.542. The van der Waals surface area contributed by atoms with Gasteiger partial charge in [0, 0.05) is 18.4 Å². The molecule has 0 bridgehead atoms. The van der Waals surface area contributed by atoms with E-state index in [9.17, 15) is 4.79 Å². The van der Waals surface area contributed by atoms with Crippen LogP contribution in [0.3, 0.4) is 0 Å². The third kappa shape index (κ3) is 4.13. The van der Waals surface area contributed by atoms with E-state index in [1.807, 2.05) is 29.3 Å². The summed E-state index contributed by atoms with van der Waals surface area (Å²) in [6.07, 6.45) is 9.36. The van der Waals surface area contributed by atoms with Crippen molar-refractivity contribution in [3.63, 3.8) is 0 Å². The Morgan fingerprint density at radius 1 is 1.19 bits per heavy atom. The molecule has 9 heteroatoms. The molecule has 3 fully saturated rings. The summed E-state index contributed by atoms with van der Waals surface area (Å²) in [6.45, 7) is 5.63. The third-order valence-corrected chi connectivity index (χ3v) is 6.98. The van der Waals surface area contributed by atoms with Crippen LogP contribution < -0.4 is 5.32 Å². The normalized spacial score (nSPS) is 28.7. The van der Waals surface area contributed by atoms with E-state index in [2.05, 4.69) is 26.9 Å². The Morgan fingerprint density at radius 2 is 2.00 bits per heavy atom. The molecular weight excluding hydrogens is 396 g/mol. The maximum absolute atomic E-state index is 12.7. The van der Waals surface area contributed by atoms with E-state index >= 15 is 0 Å². The van der Waals surface area contributed by atoms with Crippen molar-refractivity contribution in [2.75, 3.05) is 13.2 Å². The molecule has 0 aromatic carbocycles. The lowest BCUT2D eigenvalue weighted by molar-refractivity contribution is 0.0613. The van der Waals surface area contributed by atoms with Gasteiger partial charge in [-0.3, -0.25) is 9.48 Å². The third-order valence-electron chi connectivity index (χ3n) is 6.98. The van der Waals surface area contributed by atoms with Gasteiger partial charge in [0.15, 0.2) is 0 Å². The summed E-state index contributed by atoms with van der Waals surface area (Å²) in [6, 6.07) is 1.61. The topological polar surface area (TPSA) is 96.1 Å². The molecule has 0 radical (unpaired) electrons. The average molecular weight is 429 g/mol. The van der Waals surface area contributed by atoms with Gasteiger partial charge in [0.2, 0.25) is 0 Å². The Hall–Kier alpha value is -2.26. The first-order valence-electron chi connectivity index (χ1n) is 11.6. The Kier molecular flexibility index (Phi) is 5.79. The van der Waals surface area contributed by atoms with E-state index in [0.29, 0.717) is 18.9 Å². The fourth-order valence-electron chi connectivity index (χ4n) is 5.27. The van der Waals surface area contributed by atoms with Gasteiger partial charge < -0.3 is 14.8 Å². The number of fused-ring (bicyclic) bond motifs is 1. The van der Waals surface area contributed by atoms with E-state index in [0.717, 1.165) is 30.3 Å². The first-order valence-corrected chi connectivity index (χ1v) is 11.6. The van der Waals surface area contributed by atoms with Crippen LogP contribution in [0, 0.1) is 12.8 Å². The van der Waals surface area contributed by atoms with Crippen molar-refractivity contribution in [3.05, 3.63) is 29.3 Å². The number of ether oxygens (including phenoxy) is 2. The molecule has 1 aliphatic carbocycles. The number of carbonyl (C=O) groups is 1. The van der Waals surface area contributed by atoms with Gasteiger partial charge in [-0.2, -0.15) is 5.10 Å². The van der Waals surface area contributed by atoms with Gasteiger partial charge in [-0.1, -0.05) is 37.3 Å². The van der Waals surface area contributed by atoms with Gasteiger partial charge in [0.05, 0.1) is 24.9 Å². The summed E-state index contributed by atoms with van der Waals surface area (Å²) in [4.78, 5) is 12.7. The Labute approximate surface area is 182 Å². The summed E-state index contributed by atoms with van der Waals surface area (Å²) in [5, 5.41) is 16.2. The summed E-state index contributed by atoms with van der Waals surface area (Å²) >= 11 is 0. The predicted molar refractivity (Wildman–Crippen MR) is 113 cm³/mol. The molecule has 1 N–H and O–H groups in total. The highest BCUT2D eigenvalue weighted by molar-refractivity contribution is 5.92. The molecule has 3 aliphatic rings. The average Bonchev–Trinajstić information content (AvgIpc) is 3.54. The fraction of sp³-hybridized carbons (Fsp3) is 0.727. The molecule has 2 saturated heterocycles. The Bertz CT molecular complexity index is 918. The number of rotatable bonds is 6. The minimum atomic E-state index is -0.195. The second-order valence-electron chi connectivity index (χ2n) is 9.13. The Balaban J connectivity index is 1.20. The van der Waals surface area contributed by atoms with Crippen molar-refractivity contribution in [3.8, 4) is 0 Å². The lowest BCUT2D eigenvalue weighted by Gasteiger charge is -2.20. The van der Waals surface area contributed by atoms with Gasteiger partial charge in [-0.25, -0.2) is 4.68 Å². The zero-order valence-electron chi connectivity index (χ0n) is 18.4. The maximum atomic E-state index is 12.7. The monoisotopic (exact) mass is 428 g/mol. The Morgan fingerprint density at radius 3 is 2.77 bits per heavy atom. The number of amides is 1. The number of hydrogen-bond donors (Lipinski definition) is 1. The fourth-order valence-corrected chi connectivity index (χ4v) is 5.27. The van der Waals surface area contributed by atoms with E-state index in [1.165, 1.54) is 32.1 Å². The van der Waals surface area contributed by atoms with Crippen LogP contribution in [0.15, 0.2) is 12.3 Å². The smallest absolute Gasteiger partial charge is 0.272 e. The van der Waals surface area contributed by atoms with E-state index < -0.39 is 0 Å². The minimum Gasteiger partial charge on any atom is -0.371 e. The quantitative estimate of drug-likeness (QED) is 0.757. The van der Waals surface area contributed by atoms with Crippen molar-refractivity contribution in [2.45, 2.75) is 83.2 Å². The molecule has 2 aliphatic heterocycles. The highest BCUT2D eigenvalue weighted by Crippen LogP contribution is 2.34. The zero-order chi connectivity index (χ0) is 21.4. The summed E-state index contributed by atoms with van der Waals surface area (Å²) in [7, 11) is 0. The van der Waals surface area contributed by atoms with Gasteiger partial charge >= 0.3 is 0 Å². The van der Waals surface area contributed by atoms with Crippen molar-refractivity contribution in [1.82, 2.24) is 30.1 Å². The van der Waals surface area contributed by atoms with E-state index in [1.54, 1.807) is 0 Å². The SMILES string of the molecule is CCn1nc(C(=O)N[C@H]2CO[C@H]3[C@@H]2OC[C@@H]3n2cc(CC3CCCCC3)nn2)cc1C. The molecule has 168 valence electrons. The first-order chi connectivity index (χ1) is 15.1. The van der Waals surface area contributed by atoms with Crippen LogP contribution >= 0.6 is 0 Å². The molecule has 4 atom stereocenters. The number of nitrogens with one attached hydrogen (secondary N) is 1. The second kappa shape index (κ2) is 8.70. The second-order valence-corrected chi connectivity index (χ2v) is 9.13. The number of carbonyl (C=O) groups excluding carboxylic acids is 1. The molecule has 0 spiro atoms. The van der Waals surface area contributed by atoms with Gasteiger partial charge in [-0.05, 0) is 32.3 Å². The minimum absolute atomic E-state index is 0.0129.